The monoisotopic (exact) mass is 260 g/mol. The van der Waals surface area contributed by atoms with E-state index in [2.05, 4.69) is 16.3 Å². The maximum absolute atomic E-state index is 8.80. The quantitative estimate of drug-likeness (QED) is 0.676. The number of rotatable bonds is 1. The van der Waals surface area contributed by atoms with Gasteiger partial charge in [-0.1, -0.05) is 11.6 Å². The molecular formula is C11H5ClN4S. The van der Waals surface area contributed by atoms with Gasteiger partial charge in [0, 0.05) is 12.3 Å². The number of hydrogen-bond donors (Lipinski definition) is 0. The third-order valence-electron chi connectivity index (χ3n) is 2.33. The summed E-state index contributed by atoms with van der Waals surface area (Å²) in [4.78, 5) is 0.951. The Morgan fingerprint density at radius 1 is 1.29 bits per heavy atom. The van der Waals surface area contributed by atoms with E-state index >= 15 is 0 Å². The highest BCUT2D eigenvalue weighted by Crippen LogP contribution is 2.29. The standard InChI is InChI=1S/C11H5ClN4S/c12-9-2-1-8(17-9)11-15-14-10-5-7(6-13)3-4-16(10)11/h1-5H. The Morgan fingerprint density at radius 2 is 2.18 bits per heavy atom. The van der Waals surface area contributed by atoms with Crippen LogP contribution in [0, 0.1) is 11.3 Å². The summed E-state index contributed by atoms with van der Waals surface area (Å²) in [6.45, 7) is 0. The molecule has 0 aliphatic heterocycles. The molecule has 0 aliphatic rings. The van der Waals surface area contributed by atoms with Crippen LogP contribution in [0.5, 0.6) is 0 Å². The third kappa shape index (κ3) is 1.68. The maximum Gasteiger partial charge on any atom is 0.178 e. The SMILES string of the molecule is N#Cc1ccn2c(-c3ccc(Cl)s3)nnc2c1. The molecule has 0 aromatic carbocycles. The summed E-state index contributed by atoms with van der Waals surface area (Å²) in [6.07, 6.45) is 1.79. The Hall–Kier alpha value is -1.90. The highest BCUT2D eigenvalue weighted by Gasteiger charge is 2.10. The van der Waals surface area contributed by atoms with Crippen LogP contribution in [0.15, 0.2) is 30.5 Å². The number of halogens is 1. The summed E-state index contributed by atoms with van der Waals surface area (Å²) in [5, 5.41) is 16.9. The highest BCUT2D eigenvalue weighted by molar-refractivity contribution is 7.19. The molecule has 3 rings (SSSR count). The maximum atomic E-state index is 8.80. The molecule has 3 aromatic rings. The van der Waals surface area contributed by atoms with Gasteiger partial charge in [-0.3, -0.25) is 4.40 Å². The molecule has 3 heterocycles. The van der Waals surface area contributed by atoms with Gasteiger partial charge in [-0.25, -0.2) is 0 Å². The summed E-state index contributed by atoms with van der Waals surface area (Å²) in [5.41, 5.74) is 1.23. The molecule has 0 unspecified atom stereocenters. The zero-order chi connectivity index (χ0) is 11.8. The molecule has 0 saturated heterocycles. The van der Waals surface area contributed by atoms with E-state index < -0.39 is 0 Å². The minimum atomic E-state index is 0.570. The van der Waals surface area contributed by atoms with Gasteiger partial charge in [-0.05, 0) is 18.2 Å². The molecule has 0 amide bonds. The topological polar surface area (TPSA) is 54.0 Å². The first-order valence-electron chi connectivity index (χ1n) is 4.78. The fourth-order valence-electron chi connectivity index (χ4n) is 1.56. The zero-order valence-corrected chi connectivity index (χ0v) is 10.0. The Morgan fingerprint density at radius 3 is 2.88 bits per heavy atom. The van der Waals surface area contributed by atoms with Gasteiger partial charge in [0.1, 0.15) is 0 Å². The van der Waals surface area contributed by atoms with Gasteiger partial charge in [0.05, 0.1) is 20.8 Å². The molecule has 0 atom stereocenters. The van der Waals surface area contributed by atoms with Crippen LogP contribution in [0.25, 0.3) is 16.3 Å². The minimum absolute atomic E-state index is 0.570. The predicted molar refractivity (Wildman–Crippen MR) is 66.0 cm³/mol. The van der Waals surface area contributed by atoms with E-state index in [1.54, 1.807) is 18.3 Å². The van der Waals surface area contributed by atoms with E-state index in [0.717, 1.165) is 10.7 Å². The summed E-state index contributed by atoms with van der Waals surface area (Å²) < 4.78 is 2.55. The third-order valence-corrected chi connectivity index (χ3v) is 3.56. The number of fused-ring (bicyclic) bond motifs is 1. The van der Waals surface area contributed by atoms with Crippen LogP contribution in [0.1, 0.15) is 5.56 Å². The van der Waals surface area contributed by atoms with Crippen molar-refractivity contribution in [2.45, 2.75) is 0 Å². The lowest BCUT2D eigenvalue weighted by Crippen LogP contribution is -1.87. The van der Waals surface area contributed by atoms with Crippen LogP contribution >= 0.6 is 22.9 Å². The van der Waals surface area contributed by atoms with Crippen molar-refractivity contribution in [1.29, 1.82) is 5.26 Å². The van der Waals surface area contributed by atoms with E-state index in [1.807, 2.05) is 16.5 Å². The van der Waals surface area contributed by atoms with Crippen LogP contribution in [0.3, 0.4) is 0 Å². The van der Waals surface area contributed by atoms with Crippen molar-refractivity contribution in [1.82, 2.24) is 14.6 Å². The number of nitrogens with zero attached hydrogens (tertiary/aromatic N) is 4. The minimum Gasteiger partial charge on any atom is -0.282 e. The zero-order valence-electron chi connectivity index (χ0n) is 8.46. The Kier molecular flexibility index (Phi) is 2.32. The summed E-state index contributed by atoms with van der Waals surface area (Å²) in [5.74, 6) is 0.737. The number of hydrogen-bond acceptors (Lipinski definition) is 4. The van der Waals surface area contributed by atoms with Crippen molar-refractivity contribution in [2.24, 2.45) is 0 Å². The summed E-state index contributed by atoms with van der Waals surface area (Å²) in [6, 6.07) is 9.23. The molecule has 0 saturated carbocycles. The van der Waals surface area contributed by atoms with Gasteiger partial charge in [-0.2, -0.15) is 5.26 Å². The van der Waals surface area contributed by atoms with Crippen LogP contribution in [-0.2, 0) is 0 Å². The average molecular weight is 261 g/mol. The number of nitriles is 1. The molecule has 0 radical (unpaired) electrons. The van der Waals surface area contributed by atoms with Gasteiger partial charge in [-0.15, -0.1) is 21.5 Å². The van der Waals surface area contributed by atoms with Crippen LogP contribution in [0.4, 0.5) is 0 Å². The molecule has 0 fully saturated rings. The van der Waals surface area contributed by atoms with E-state index in [4.69, 9.17) is 16.9 Å². The Bertz CT molecular complexity index is 737. The molecule has 0 N–H and O–H groups in total. The lowest BCUT2D eigenvalue weighted by molar-refractivity contribution is 1.12. The van der Waals surface area contributed by atoms with Crippen LogP contribution < -0.4 is 0 Å². The van der Waals surface area contributed by atoms with Crippen molar-refractivity contribution in [3.8, 4) is 16.8 Å². The number of thiophene rings is 1. The molecule has 3 aromatic heterocycles. The average Bonchev–Trinajstić information content (AvgIpc) is 2.93. The molecule has 82 valence electrons. The fourth-order valence-corrected chi connectivity index (χ4v) is 2.59. The lowest BCUT2D eigenvalue weighted by atomic mass is 10.3. The van der Waals surface area contributed by atoms with Crippen molar-refractivity contribution in [3.05, 3.63) is 40.4 Å². The first kappa shape index (κ1) is 10.3. The number of pyridine rings is 1. The van der Waals surface area contributed by atoms with Gasteiger partial charge >= 0.3 is 0 Å². The Balaban J connectivity index is 2.22. The van der Waals surface area contributed by atoms with Crippen LogP contribution in [0.2, 0.25) is 4.34 Å². The van der Waals surface area contributed by atoms with Crippen molar-refractivity contribution >= 4 is 28.6 Å². The summed E-state index contributed by atoms with van der Waals surface area (Å²) in [7, 11) is 0. The molecule has 0 bridgehead atoms. The Labute approximate surface area is 106 Å². The predicted octanol–water partition coefficient (Wildman–Crippen LogP) is 2.98. The lowest BCUT2D eigenvalue weighted by Gasteiger charge is -1.96. The first-order chi connectivity index (χ1) is 8.28. The molecule has 4 nitrogen and oxygen atoms in total. The molecular weight excluding hydrogens is 256 g/mol. The van der Waals surface area contributed by atoms with E-state index in [9.17, 15) is 0 Å². The molecule has 6 heteroatoms. The van der Waals surface area contributed by atoms with E-state index in [-0.39, 0.29) is 0 Å². The largest absolute Gasteiger partial charge is 0.282 e. The highest BCUT2D eigenvalue weighted by atomic mass is 35.5. The first-order valence-corrected chi connectivity index (χ1v) is 5.98. The van der Waals surface area contributed by atoms with E-state index in [0.29, 0.717) is 15.5 Å². The second-order valence-corrected chi connectivity index (χ2v) is 5.10. The van der Waals surface area contributed by atoms with Gasteiger partial charge in [0.15, 0.2) is 11.5 Å². The van der Waals surface area contributed by atoms with Gasteiger partial charge in [0.25, 0.3) is 0 Å². The van der Waals surface area contributed by atoms with E-state index in [1.165, 1.54) is 11.3 Å². The van der Waals surface area contributed by atoms with Crippen molar-refractivity contribution < 1.29 is 0 Å². The molecule has 17 heavy (non-hydrogen) atoms. The van der Waals surface area contributed by atoms with Gasteiger partial charge < -0.3 is 0 Å². The normalized spacial score (nSPS) is 10.6. The molecule has 0 spiro atoms. The number of aromatic nitrogens is 3. The van der Waals surface area contributed by atoms with Gasteiger partial charge in [0.2, 0.25) is 0 Å². The fraction of sp³-hybridized carbons (Fsp3) is 0. The molecule has 0 aliphatic carbocycles. The van der Waals surface area contributed by atoms with Crippen molar-refractivity contribution in [3.63, 3.8) is 0 Å². The van der Waals surface area contributed by atoms with Crippen LogP contribution in [-0.4, -0.2) is 14.6 Å². The second kappa shape index (κ2) is 3.84. The summed E-state index contributed by atoms with van der Waals surface area (Å²) >= 11 is 7.34. The smallest absolute Gasteiger partial charge is 0.178 e. The second-order valence-electron chi connectivity index (χ2n) is 3.38. The van der Waals surface area contributed by atoms with Crippen molar-refractivity contribution in [2.75, 3.05) is 0 Å².